The molecule has 12 nitrogen and oxygen atoms in total. The largest absolute Gasteiger partial charge is 0.457 e. The van der Waals surface area contributed by atoms with E-state index in [1.54, 1.807) is 31.1 Å². The first-order valence-corrected chi connectivity index (χ1v) is 19.5. The van der Waals surface area contributed by atoms with Gasteiger partial charge in [-0.3, -0.25) is 9.69 Å². The molecule has 4 rings (SSSR count). The number of hydrogen-bond acceptors (Lipinski definition) is 11. The monoisotopic (exact) mass is 733 g/mol. The van der Waals surface area contributed by atoms with E-state index in [-0.39, 0.29) is 36.9 Å². The Morgan fingerprint density at radius 3 is 2.46 bits per heavy atom. The Bertz CT molecular complexity index is 1260. The molecule has 3 fully saturated rings. The minimum Gasteiger partial charge on any atom is -0.457 e. The van der Waals surface area contributed by atoms with Crippen molar-refractivity contribution in [2.45, 2.75) is 140 Å². The molecule has 0 aromatic carbocycles. The van der Waals surface area contributed by atoms with Crippen molar-refractivity contribution in [1.82, 2.24) is 14.7 Å². The number of amides is 1. The second kappa shape index (κ2) is 18.8. The summed E-state index contributed by atoms with van der Waals surface area (Å²) < 4.78 is 23.9. The van der Waals surface area contributed by atoms with Crippen LogP contribution >= 0.6 is 0 Å². The highest BCUT2D eigenvalue weighted by atomic mass is 16.6. The van der Waals surface area contributed by atoms with E-state index < -0.39 is 47.7 Å². The number of aliphatic hydroxyl groups is 3. The van der Waals surface area contributed by atoms with Gasteiger partial charge in [0, 0.05) is 57.6 Å². The smallest absolute Gasteiger partial charge is 0.410 e. The third kappa shape index (κ3) is 11.8. The zero-order valence-corrected chi connectivity index (χ0v) is 32.9. The highest BCUT2D eigenvalue weighted by molar-refractivity contribution is 5.70. The molecule has 10 atom stereocenters. The number of piperazine rings is 1. The van der Waals surface area contributed by atoms with Crippen LogP contribution in [0.15, 0.2) is 36.0 Å². The van der Waals surface area contributed by atoms with Crippen LogP contribution < -0.4 is 0 Å². The highest BCUT2D eigenvalue weighted by Gasteiger charge is 2.47. The van der Waals surface area contributed by atoms with Crippen LogP contribution in [-0.2, 0) is 23.7 Å². The summed E-state index contributed by atoms with van der Waals surface area (Å²) in [6.07, 6.45) is 9.35. The molecule has 0 radical (unpaired) electrons. The van der Waals surface area contributed by atoms with Gasteiger partial charge in [-0.25, -0.2) is 4.79 Å². The number of ether oxygens (including phenoxy) is 4. The lowest BCUT2D eigenvalue weighted by molar-refractivity contribution is -0.151. The predicted molar refractivity (Wildman–Crippen MR) is 200 cm³/mol. The number of aliphatic hydroxyl groups excluding tert-OH is 2. The van der Waals surface area contributed by atoms with Gasteiger partial charge in [0.25, 0.3) is 0 Å². The first-order valence-electron chi connectivity index (χ1n) is 19.5. The maximum Gasteiger partial charge on any atom is 0.410 e. The van der Waals surface area contributed by atoms with E-state index in [1.807, 2.05) is 52.8 Å². The van der Waals surface area contributed by atoms with Crippen molar-refractivity contribution < 1.29 is 43.9 Å². The molecule has 0 saturated carbocycles. The van der Waals surface area contributed by atoms with Crippen LogP contribution in [0.2, 0.25) is 0 Å². The Morgan fingerprint density at radius 1 is 1.15 bits per heavy atom. The summed E-state index contributed by atoms with van der Waals surface area (Å²) in [5.41, 5.74) is -1.35. The van der Waals surface area contributed by atoms with Crippen LogP contribution in [0.1, 0.15) is 86.5 Å². The number of esters is 1. The number of nitrogens with zero attached hydrogens (tertiary/aromatic N) is 3. The van der Waals surface area contributed by atoms with Crippen LogP contribution in [0.5, 0.6) is 0 Å². The number of likely N-dealkylation sites (tertiary alicyclic amines) is 1. The van der Waals surface area contributed by atoms with Gasteiger partial charge in [0.1, 0.15) is 11.7 Å². The molecule has 52 heavy (non-hydrogen) atoms. The predicted octanol–water partition coefficient (Wildman–Crippen LogP) is 4.08. The minimum atomic E-state index is -1.15. The topological polar surface area (TPSA) is 145 Å². The normalized spacial score (nSPS) is 35.2. The van der Waals surface area contributed by atoms with Crippen LogP contribution in [0.25, 0.3) is 0 Å². The molecule has 0 bridgehead atoms. The Labute approximate surface area is 311 Å². The maximum absolute atomic E-state index is 13.6. The van der Waals surface area contributed by atoms with Gasteiger partial charge in [0.05, 0.1) is 36.4 Å². The average molecular weight is 734 g/mol. The van der Waals surface area contributed by atoms with Crippen molar-refractivity contribution in [2.24, 2.45) is 11.8 Å². The van der Waals surface area contributed by atoms with Gasteiger partial charge in [-0.15, -0.1) is 0 Å². The van der Waals surface area contributed by atoms with E-state index in [2.05, 4.69) is 16.8 Å². The molecule has 4 heterocycles. The first-order chi connectivity index (χ1) is 24.6. The van der Waals surface area contributed by atoms with E-state index in [0.717, 1.165) is 44.6 Å². The van der Waals surface area contributed by atoms with Crippen molar-refractivity contribution in [1.29, 1.82) is 0 Å². The number of cyclic esters (lactones) is 1. The summed E-state index contributed by atoms with van der Waals surface area (Å²) in [5, 5.41) is 32.1. The zero-order chi connectivity index (χ0) is 38.2. The van der Waals surface area contributed by atoms with Crippen LogP contribution in [0, 0.1) is 11.8 Å². The van der Waals surface area contributed by atoms with Crippen LogP contribution in [0.3, 0.4) is 0 Å². The number of methoxy groups -OCH3 is 1. The minimum absolute atomic E-state index is 0.00442. The molecule has 3 N–H and O–H groups in total. The van der Waals surface area contributed by atoms with Gasteiger partial charge < -0.3 is 44.1 Å². The van der Waals surface area contributed by atoms with Gasteiger partial charge in [0.2, 0.25) is 0 Å². The molecule has 4 aliphatic rings. The fourth-order valence-corrected chi connectivity index (χ4v) is 7.82. The summed E-state index contributed by atoms with van der Waals surface area (Å²) in [7, 11) is 3.74. The Hall–Kier alpha value is -2.32. The van der Waals surface area contributed by atoms with Gasteiger partial charge in [-0.05, 0) is 84.7 Å². The molecule has 1 amide bonds. The van der Waals surface area contributed by atoms with Crippen molar-refractivity contribution in [2.75, 3.05) is 53.4 Å². The Kier molecular flexibility index (Phi) is 15.4. The molecule has 0 aromatic heterocycles. The van der Waals surface area contributed by atoms with Crippen LogP contribution in [0.4, 0.5) is 4.79 Å². The number of rotatable bonds is 11. The van der Waals surface area contributed by atoms with E-state index in [1.165, 1.54) is 0 Å². The number of carbonyl (C=O) groups is 2. The van der Waals surface area contributed by atoms with E-state index >= 15 is 0 Å². The number of allylic oxidation sites excluding steroid dienone is 2. The molecule has 12 heteroatoms. The van der Waals surface area contributed by atoms with Gasteiger partial charge in [0.15, 0.2) is 6.10 Å². The van der Waals surface area contributed by atoms with Gasteiger partial charge >= 0.3 is 12.1 Å². The van der Waals surface area contributed by atoms with E-state index in [0.29, 0.717) is 38.4 Å². The average Bonchev–Trinajstić information content (AvgIpc) is 3.88. The molecule has 0 spiro atoms. The molecule has 10 unspecified atom stereocenters. The number of epoxide rings is 1. The summed E-state index contributed by atoms with van der Waals surface area (Å²) in [6, 6.07) is 0.552. The van der Waals surface area contributed by atoms with Gasteiger partial charge in [-0.1, -0.05) is 45.1 Å². The molecule has 296 valence electrons. The highest BCUT2D eigenvalue weighted by Crippen LogP contribution is 2.38. The lowest BCUT2D eigenvalue weighted by Crippen LogP contribution is -2.55. The molecule has 0 aromatic rings. The second-order valence-electron chi connectivity index (χ2n) is 16.2. The summed E-state index contributed by atoms with van der Waals surface area (Å²) in [4.78, 5) is 33.3. The number of piperidine rings is 1. The fourth-order valence-electron chi connectivity index (χ4n) is 7.82. The number of hydrogen-bond donors (Lipinski definition) is 3. The third-order valence-electron chi connectivity index (χ3n) is 11.8. The second-order valence-corrected chi connectivity index (χ2v) is 16.2. The van der Waals surface area contributed by atoms with Gasteiger partial charge in [-0.2, -0.15) is 0 Å². The summed E-state index contributed by atoms with van der Waals surface area (Å²) >= 11 is 0. The van der Waals surface area contributed by atoms with Crippen molar-refractivity contribution >= 4 is 12.1 Å². The standard InChI is InChI=1S/C40H67N3O9/c1-9-32(45)29(4)37-33(50-37)26-39(5,48)17-10-11-27(2)36-28(3)12-13-34(40(6,49-8)18-14-31(44)25-35(46)52-36)51-38(47)43-23-21-42(22-24-43)30-15-19-41(7)20-16-30/h10-13,17,28-34,36-37,44-45,48H,9,14-16,18-26H2,1-8H3/b13-12-,17-10+,27-11+. The molecule has 0 aliphatic carbocycles. The van der Waals surface area contributed by atoms with Crippen LogP contribution in [-0.4, -0.2) is 149 Å². The van der Waals surface area contributed by atoms with Crippen molar-refractivity contribution in [3.63, 3.8) is 0 Å². The molecule has 3 saturated heterocycles. The first kappa shape index (κ1) is 42.4. The van der Waals surface area contributed by atoms with Crippen molar-refractivity contribution in [3.05, 3.63) is 36.0 Å². The third-order valence-corrected chi connectivity index (χ3v) is 11.8. The fraction of sp³-hybridized carbons (Fsp3) is 0.800. The SMILES string of the molecule is CCC(O)C(C)C1OC1CC(C)(O)/C=C/C=C(\C)C1OC(=O)CC(O)CCC(C)(OC)C(OC(=O)N2CCN(C3CCN(C)CC3)CC2)/C=C\C1C. The lowest BCUT2D eigenvalue weighted by atomic mass is 9.88. The quantitative estimate of drug-likeness (QED) is 0.122. The van der Waals surface area contributed by atoms with E-state index in [9.17, 15) is 24.9 Å². The Balaban J connectivity index is 1.44. The molecular weight excluding hydrogens is 666 g/mol. The summed E-state index contributed by atoms with van der Waals surface area (Å²) in [5.74, 6) is -0.836. The van der Waals surface area contributed by atoms with Crippen molar-refractivity contribution in [3.8, 4) is 0 Å². The zero-order valence-electron chi connectivity index (χ0n) is 32.9. The Morgan fingerprint density at radius 2 is 1.83 bits per heavy atom. The van der Waals surface area contributed by atoms with E-state index in [4.69, 9.17) is 18.9 Å². The maximum atomic E-state index is 13.6. The summed E-state index contributed by atoms with van der Waals surface area (Å²) in [6.45, 7) is 16.3. The molecular formula is C40H67N3O9. The molecule has 4 aliphatic heterocycles. The lowest BCUT2D eigenvalue weighted by Gasteiger charge is -2.42. The number of carbonyl (C=O) groups excluding carboxylic acids is 2.